The summed E-state index contributed by atoms with van der Waals surface area (Å²) < 4.78 is 5.34. The maximum atomic E-state index is 12.4. The van der Waals surface area contributed by atoms with E-state index >= 15 is 0 Å². The number of nitrogens with two attached hydrogens (primary N) is 1. The Morgan fingerprint density at radius 1 is 1.42 bits per heavy atom. The lowest BCUT2D eigenvalue weighted by Crippen LogP contribution is -2.34. The number of carbonyl (C=O) groups excluding carboxylic acids is 1. The van der Waals surface area contributed by atoms with Gasteiger partial charge in [0.2, 0.25) is 0 Å². The largest absolute Gasteiger partial charge is 0.399 e. The Labute approximate surface area is 114 Å². The number of nitrogen functional groups attached to an aromatic ring is 1. The van der Waals surface area contributed by atoms with Crippen LogP contribution in [0.3, 0.4) is 0 Å². The lowest BCUT2D eigenvalue weighted by Gasteiger charge is -2.27. The highest BCUT2D eigenvalue weighted by molar-refractivity contribution is 5.96. The van der Waals surface area contributed by atoms with Gasteiger partial charge in [0.15, 0.2) is 0 Å². The molecule has 0 saturated carbocycles. The third-order valence-electron chi connectivity index (χ3n) is 3.71. The van der Waals surface area contributed by atoms with Crippen LogP contribution < -0.4 is 5.73 Å². The predicted octanol–water partition coefficient (Wildman–Crippen LogP) is 2.08. The molecule has 0 radical (unpaired) electrons. The summed E-state index contributed by atoms with van der Waals surface area (Å²) >= 11 is 0. The quantitative estimate of drug-likeness (QED) is 0.848. The summed E-state index contributed by atoms with van der Waals surface area (Å²) in [6.07, 6.45) is 2.07. The van der Waals surface area contributed by atoms with Crippen molar-refractivity contribution in [3.05, 3.63) is 29.3 Å². The zero-order chi connectivity index (χ0) is 13.8. The van der Waals surface area contributed by atoms with Gasteiger partial charge in [-0.15, -0.1) is 0 Å². The van der Waals surface area contributed by atoms with E-state index in [1.165, 1.54) is 0 Å². The topological polar surface area (TPSA) is 55.6 Å². The number of ether oxygens (including phenoxy) is 1. The minimum absolute atomic E-state index is 0.0521. The average Bonchev–Trinajstić information content (AvgIpc) is 2.42. The minimum atomic E-state index is 0.0521. The van der Waals surface area contributed by atoms with Gasteiger partial charge in [0.25, 0.3) is 5.91 Å². The van der Waals surface area contributed by atoms with Crippen molar-refractivity contribution in [3.63, 3.8) is 0 Å². The molecule has 0 spiro atoms. The summed E-state index contributed by atoms with van der Waals surface area (Å²) in [5.74, 6) is 0.598. The number of benzene rings is 1. The van der Waals surface area contributed by atoms with Crippen molar-refractivity contribution >= 4 is 11.6 Å². The van der Waals surface area contributed by atoms with Crippen LogP contribution in [0, 0.1) is 12.8 Å². The summed E-state index contributed by atoms with van der Waals surface area (Å²) in [5, 5.41) is 0. The van der Waals surface area contributed by atoms with Crippen molar-refractivity contribution in [2.24, 2.45) is 5.92 Å². The van der Waals surface area contributed by atoms with E-state index in [1.807, 2.05) is 26.1 Å². The number of hydrogen-bond acceptors (Lipinski definition) is 3. The molecule has 1 heterocycles. The first-order valence-electron chi connectivity index (χ1n) is 6.77. The molecule has 4 heteroatoms. The van der Waals surface area contributed by atoms with Gasteiger partial charge >= 0.3 is 0 Å². The molecule has 1 fully saturated rings. The molecule has 19 heavy (non-hydrogen) atoms. The number of anilines is 1. The van der Waals surface area contributed by atoms with Crippen molar-refractivity contribution in [1.82, 2.24) is 4.90 Å². The normalized spacial score (nSPS) is 16.3. The highest BCUT2D eigenvalue weighted by Crippen LogP contribution is 2.19. The second-order valence-corrected chi connectivity index (χ2v) is 5.32. The summed E-state index contributed by atoms with van der Waals surface area (Å²) in [6, 6.07) is 5.48. The molecule has 2 rings (SSSR count). The predicted molar refractivity (Wildman–Crippen MR) is 76.1 cm³/mol. The van der Waals surface area contributed by atoms with Gasteiger partial charge in [-0.05, 0) is 43.4 Å². The van der Waals surface area contributed by atoms with Crippen LogP contribution in [0.1, 0.15) is 28.8 Å². The van der Waals surface area contributed by atoms with Crippen LogP contribution in [0.15, 0.2) is 18.2 Å². The van der Waals surface area contributed by atoms with E-state index in [2.05, 4.69) is 0 Å². The maximum absolute atomic E-state index is 12.4. The first kappa shape index (κ1) is 13.9. The van der Waals surface area contributed by atoms with Crippen molar-refractivity contribution < 1.29 is 9.53 Å². The summed E-state index contributed by atoms with van der Waals surface area (Å²) in [6.45, 7) is 4.35. The molecule has 1 aliphatic rings. The average molecular weight is 262 g/mol. The fourth-order valence-corrected chi connectivity index (χ4v) is 2.47. The fraction of sp³-hybridized carbons (Fsp3) is 0.533. The Hall–Kier alpha value is -1.55. The Balaban J connectivity index is 2.03. The van der Waals surface area contributed by atoms with Crippen LogP contribution in [0.2, 0.25) is 0 Å². The van der Waals surface area contributed by atoms with Crippen molar-refractivity contribution in [2.45, 2.75) is 19.8 Å². The zero-order valence-electron chi connectivity index (χ0n) is 11.7. The number of nitrogens with zero attached hydrogens (tertiary/aromatic N) is 1. The molecule has 0 unspecified atom stereocenters. The summed E-state index contributed by atoms with van der Waals surface area (Å²) in [5.41, 5.74) is 8.07. The van der Waals surface area contributed by atoms with E-state index in [1.54, 1.807) is 11.0 Å². The maximum Gasteiger partial charge on any atom is 0.253 e. The first-order valence-corrected chi connectivity index (χ1v) is 6.77. The van der Waals surface area contributed by atoms with Crippen LogP contribution in [0.4, 0.5) is 5.69 Å². The van der Waals surface area contributed by atoms with Gasteiger partial charge in [0.1, 0.15) is 0 Å². The summed E-state index contributed by atoms with van der Waals surface area (Å²) in [7, 11) is 1.86. The van der Waals surface area contributed by atoms with Crippen molar-refractivity contribution in [2.75, 3.05) is 32.5 Å². The van der Waals surface area contributed by atoms with Crippen LogP contribution >= 0.6 is 0 Å². The van der Waals surface area contributed by atoms with E-state index in [0.29, 0.717) is 17.2 Å². The molecule has 0 bridgehead atoms. The van der Waals surface area contributed by atoms with E-state index in [9.17, 15) is 4.79 Å². The van der Waals surface area contributed by atoms with Gasteiger partial charge in [-0.2, -0.15) is 0 Å². The van der Waals surface area contributed by atoms with Gasteiger partial charge in [0, 0.05) is 38.1 Å². The molecule has 0 atom stereocenters. The van der Waals surface area contributed by atoms with Gasteiger partial charge in [-0.25, -0.2) is 0 Å². The van der Waals surface area contributed by atoms with Gasteiger partial charge in [-0.3, -0.25) is 4.79 Å². The molecular weight excluding hydrogens is 240 g/mol. The smallest absolute Gasteiger partial charge is 0.253 e. The third-order valence-corrected chi connectivity index (χ3v) is 3.71. The molecule has 1 saturated heterocycles. The number of rotatable bonds is 3. The third kappa shape index (κ3) is 3.47. The molecule has 104 valence electrons. The SMILES string of the molecule is Cc1ccc(N)cc1C(=O)N(C)CC1CCOCC1. The molecule has 1 aliphatic heterocycles. The number of amides is 1. The molecule has 0 aliphatic carbocycles. The van der Waals surface area contributed by atoms with Crippen molar-refractivity contribution in [1.29, 1.82) is 0 Å². The second kappa shape index (κ2) is 6.06. The lowest BCUT2D eigenvalue weighted by atomic mass is 9.99. The zero-order valence-corrected chi connectivity index (χ0v) is 11.7. The van der Waals surface area contributed by atoms with E-state index < -0.39 is 0 Å². The van der Waals surface area contributed by atoms with E-state index in [0.717, 1.165) is 38.2 Å². The molecule has 1 aromatic rings. The standard InChI is InChI=1S/C15H22N2O2/c1-11-3-4-13(16)9-14(11)15(18)17(2)10-12-5-7-19-8-6-12/h3-4,9,12H,5-8,10,16H2,1-2H3. The fourth-order valence-electron chi connectivity index (χ4n) is 2.47. The van der Waals surface area contributed by atoms with Crippen LogP contribution in [-0.2, 0) is 4.74 Å². The molecule has 4 nitrogen and oxygen atoms in total. The molecular formula is C15H22N2O2. The monoisotopic (exact) mass is 262 g/mol. The lowest BCUT2D eigenvalue weighted by molar-refractivity contribution is 0.0497. The highest BCUT2D eigenvalue weighted by Gasteiger charge is 2.20. The number of hydrogen-bond donors (Lipinski definition) is 1. The highest BCUT2D eigenvalue weighted by atomic mass is 16.5. The van der Waals surface area contributed by atoms with Gasteiger partial charge in [0.05, 0.1) is 0 Å². The molecule has 1 amide bonds. The Morgan fingerprint density at radius 3 is 2.79 bits per heavy atom. The molecule has 2 N–H and O–H groups in total. The Bertz CT molecular complexity index is 453. The minimum Gasteiger partial charge on any atom is -0.399 e. The Morgan fingerprint density at radius 2 is 2.11 bits per heavy atom. The molecule has 1 aromatic carbocycles. The van der Waals surface area contributed by atoms with Gasteiger partial charge in [-0.1, -0.05) is 6.07 Å². The summed E-state index contributed by atoms with van der Waals surface area (Å²) in [4.78, 5) is 14.2. The molecule has 0 aromatic heterocycles. The van der Waals surface area contributed by atoms with Crippen LogP contribution in [-0.4, -0.2) is 37.6 Å². The van der Waals surface area contributed by atoms with Crippen LogP contribution in [0.5, 0.6) is 0 Å². The van der Waals surface area contributed by atoms with E-state index in [-0.39, 0.29) is 5.91 Å². The van der Waals surface area contributed by atoms with E-state index in [4.69, 9.17) is 10.5 Å². The Kier molecular flexibility index (Phi) is 4.43. The first-order chi connectivity index (χ1) is 9.08. The van der Waals surface area contributed by atoms with Gasteiger partial charge < -0.3 is 15.4 Å². The number of aryl methyl sites for hydroxylation is 1. The van der Waals surface area contributed by atoms with Crippen LogP contribution in [0.25, 0.3) is 0 Å². The second-order valence-electron chi connectivity index (χ2n) is 5.32. The number of carbonyl (C=O) groups is 1. The van der Waals surface area contributed by atoms with Crippen molar-refractivity contribution in [3.8, 4) is 0 Å².